The molecule has 0 aliphatic carbocycles. The zero-order valence-corrected chi connectivity index (χ0v) is 15.8. The first-order valence-electron chi connectivity index (χ1n) is 8.77. The van der Waals surface area contributed by atoms with Crippen molar-refractivity contribution in [1.29, 1.82) is 0 Å². The minimum absolute atomic E-state index is 0.177. The first-order chi connectivity index (χ1) is 13.6. The van der Waals surface area contributed by atoms with Gasteiger partial charge in [0.15, 0.2) is 0 Å². The SMILES string of the molecule is COC(=O)Nc1ccc(-c2cc(CC(N)c3ccccc3)nnc2OC)cc1. The minimum atomic E-state index is -0.520. The average molecular weight is 378 g/mol. The fourth-order valence-electron chi connectivity index (χ4n) is 2.82. The molecule has 0 saturated carbocycles. The molecule has 3 aromatic rings. The Morgan fingerprint density at radius 3 is 2.43 bits per heavy atom. The molecule has 3 N–H and O–H groups in total. The first kappa shape index (κ1) is 19.3. The van der Waals surface area contributed by atoms with Crippen molar-refractivity contribution in [3.8, 4) is 17.0 Å². The number of ether oxygens (including phenoxy) is 2. The first-order valence-corrected chi connectivity index (χ1v) is 8.77. The molecular weight excluding hydrogens is 356 g/mol. The Kier molecular flexibility index (Phi) is 6.18. The van der Waals surface area contributed by atoms with E-state index in [0.717, 1.165) is 22.4 Å². The largest absolute Gasteiger partial charge is 0.479 e. The summed E-state index contributed by atoms with van der Waals surface area (Å²) in [6.07, 6.45) is 0.0313. The molecular formula is C21H22N4O3. The summed E-state index contributed by atoms with van der Waals surface area (Å²) >= 11 is 0. The number of hydrogen-bond acceptors (Lipinski definition) is 6. The van der Waals surface area contributed by atoms with E-state index >= 15 is 0 Å². The number of aromatic nitrogens is 2. The zero-order chi connectivity index (χ0) is 19.9. The lowest BCUT2D eigenvalue weighted by molar-refractivity contribution is 0.187. The topological polar surface area (TPSA) is 99.4 Å². The maximum atomic E-state index is 11.3. The van der Waals surface area contributed by atoms with Gasteiger partial charge < -0.3 is 15.2 Å². The van der Waals surface area contributed by atoms with Crippen LogP contribution in [0.5, 0.6) is 5.88 Å². The molecule has 1 atom stereocenters. The number of amides is 1. The van der Waals surface area contributed by atoms with Gasteiger partial charge in [-0.3, -0.25) is 5.32 Å². The lowest BCUT2D eigenvalue weighted by Crippen LogP contribution is -2.14. The molecule has 0 saturated heterocycles. The van der Waals surface area contributed by atoms with Crippen LogP contribution in [0.25, 0.3) is 11.1 Å². The second kappa shape index (κ2) is 8.96. The van der Waals surface area contributed by atoms with Crippen LogP contribution < -0.4 is 15.8 Å². The highest BCUT2D eigenvalue weighted by molar-refractivity contribution is 5.85. The van der Waals surface area contributed by atoms with Crippen LogP contribution in [0.1, 0.15) is 17.3 Å². The Balaban J connectivity index is 1.84. The number of hydrogen-bond donors (Lipinski definition) is 2. The molecule has 1 amide bonds. The molecule has 0 radical (unpaired) electrons. The van der Waals surface area contributed by atoms with Gasteiger partial charge in [-0.05, 0) is 29.3 Å². The third-order valence-corrected chi connectivity index (χ3v) is 4.29. The Morgan fingerprint density at radius 1 is 1.07 bits per heavy atom. The highest BCUT2D eigenvalue weighted by Gasteiger charge is 2.14. The fourth-order valence-corrected chi connectivity index (χ4v) is 2.82. The number of nitrogens with two attached hydrogens (primary N) is 1. The standard InChI is InChI=1S/C21H22N4O3/c1-27-20-18(14-8-10-16(11-9-14)23-21(26)28-2)12-17(24-25-20)13-19(22)15-6-4-3-5-7-15/h3-12,19H,13,22H2,1-2H3,(H,23,26). The Bertz CT molecular complexity index is 930. The predicted octanol–water partition coefficient (Wildman–Crippen LogP) is 3.57. The minimum Gasteiger partial charge on any atom is -0.479 e. The normalized spacial score (nSPS) is 11.5. The predicted molar refractivity (Wildman–Crippen MR) is 107 cm³/mol. The van der Waals surface area contributed by atoms with Crippen molar-refractivity contribution in [2.45, 2.75) is 12.5 Å². The smallest absolute Gasteiger partial charge is 0.411 e. The van der Waals surface area contributed by atoms with E-state index in [1.54, 1.807) is 19.2 Å². The number of nitrogens with zero attached hydrogens (tertiary/aromatic N) is 2. The highest BCUT2D eigenvalue weighted by atomic mass is 16.5. The Morgan fingerprint density at radius 2 is 1.79 bits per heavy atom. The van der Waals surface area contributed by atoms with Gasteiger partial charge in [0.05, 0.1) is 19.9 Å². The van der Waals surface area contributed by atoms with Gasteiger partial charge in [-0.15, -0.1) is 5.10 Å². The van der Waals surface area contributed by atoms with Gasteiger partial charge in [-0.1, -0.05) is 42.5 Å². The van der Waals surface area contributed by atoms with E-state index in [-0.39, 0.29) is 6.04 Å². The van der Waals surface area contributed by atoms with Crippen molar-refractivity contribution in [1.82, 2.24) is 10.2 Å². The maximum Gasteiger partial charge on any atom is 0.411 e. The van der Waals surface area contributed by atoms with Crippen LogP contribution in [0.4, 0.5) is 10.5 Å². The molecule has 28 heavy (non-hydrogen) atoms. The van der Waals surface area contributed by atoms with Crippen LogP contribution in [0, 0.1) is 0 Å². The molecule has 2 aromatic carbocycles. The molecule has 144 valence electrons. The van der Waals surface area contributed by atoms with Crippen molar-refractivity contribution in [3.63, 3.8) is 0 Å². The van der Waals surface area contributed by atoms with Crippen molar-refractivity contribution >= 4 is 11.8 Å². The lowest BCUT2D eigenvalue weighted by Gasteiger charge is -2.13. The molecule has 3 rings (SSSR count). The van der Waals surface area contributed by atoms with Gasteiger partial charge in [0.25, 0.3) is 0 Å². The van der Waals surface area contributed by atoms with Crippen molar-refractivity contribution in [2.75, 3.05) is 19.5 Å². The monoisotopic (exact) mass is 378 g/mol. The summed E-state index contributed by atoms with van der Waals surface area (Å²) in [6.45, 7) is 0. The number of benzene rings is 2. The van der Waals surface area contributed by atoms with Crippen LogP contribution in [0.15, 0.2) is 60.7 Å². The van der Waals surface area contributed by atoms with E-state index in [1.165, 1.54) is 7.11 Å². The molecule has 1 unspecified atom stereocenters. The van der Waals surface area contributed by atoms with E-state index in [0.29, 0.717) is 18.0 Å². The number of carbonyl (C=O) groups excluding carboxylic acids is 1. The number of carbonyl (C=O) groups is 1. The lowest BCUT2D eigenvalue weighted by atomic mass is 10.0. The Hall–Kier alpha value is -3.45. The molecule has 0 spiro atoms. The van der Waals surface area contributed by atoms with Gasteiger partial charge in [0, 0.05) is 23.7 Å². The summed E-state index contributed by atoms with van der Waals surface area (Å²) in [5.74, 6) is 0.422. The van der Waals surface area contributed by atoms with E-state index < -0.39 is 6.09 Å². The third-order valence-electron chi connectivity index (χ3n) is 4.29. The summed E-state index contributed by atoms with van der Waals surface area (Å²) in [4.78, 5) is 11.3. The molecule has 0 bridgehead atoms. The Labute approximate surface area is 163 Å². The second-order valence-corrected chi connectivity index (χ2v) is 6.17. The fraction of sp³-hybridized carbons (Fsp3) is 0.190. The van der Waals surface area contributed by atoms with E-state index in [9.17, 15) is 4.79 Å². The molecule has 0 aliphatic heterocycles. The van der Waals surface area contributed by atoms with Crippen LogP contribution in [0.2, 0.25) is 0 Å². The van der Waals surface area contributed by atoms with Gasteiger partial charge in [0.2, 0.25) is 5.88 Å². The van der Waals surface area contributed by atoms with Gasteiger partial charge >= 0.3 is 6.09 Å². The summed E-state index contributed by atoms with van der Waals surface area (Å²) in [7, 11) is 2.87. The number of methoxy groups -OCH3 is 2. The second-order valence-electron chi connectivity index (χ2n) is 6.17. The van der Waals surface area contributed by atoms with Crippen LogP contribution in [-0.2, 0) is 11.2 Å². The van der Waals surface area contributed by atoms with Gasteiger partial charge in [-0.25, -0.2) is 4.79 Å². The highest BCUT2D eigenvalue weighted by Crippen LogP contribution is 2.30. The average Bonchev–Trinajstić information content (AvgIpc) is 2.74. The van der Waals surface area contributed by atoms with Crippen molar-refractivity contribution in [2.24, 2.45) is 5.73 Å². The quantitative estimate of drug-likeness (QED) is 0.680. The molecule has 1 aromatic heterocycles. The number of nitrogens with one attached hydrogen (secondary N) is 1. The van der Waals surface area contributed by atoms with Gasteiger partial charge in [0.1, 0.15) is 0 Å². The number of anilines is 1. The summed E-state index contributed by atoms with van der Waals surface area (Å²) in [6, 6.07) is 18.9. The van der Waals surface area contributed by atoms with E-state index in [1.807, 2.05) is 48.5 Å². The maximum absolute atomic E-state index is 11.3. The van der Waals surface area contributed by atoms with Gasteiger partial charge in [-0.2, -0.15) is 5.10 Å². The number of rotatable bonds is 6. The third kappa shape index (κ3) is 4.63. The molecule has 0 fully saturated rings. The van der Waals surface area contributed by atoms with Crippen molar-refractivity contribution < 1.29 is 14.3 Å². The molecule has 7 heteroatoms. The van der Waals surface area contributed by atoms with Crippen molar-refractivity contribution in [3.05, 3.63) is 71.9 Å². The zero-order valence-electron chi connectivity index (χ0n) is 15.8. The van der Waals surface area contributed by atoms with Crippen LogP contribution in [-0.4, -0.2) is 30.5 Å². The summed E-state index contributed by atoms with van der Waals surface area (Å²) in [5, 5.41) is 11.0. The van der Waals surface area contributed by atoms with E-state index in [2.05, 4.69) is 20.3 Å². The molecule has 1 heterocycles. The molecule has 7 nitrogen and oxygen atoms in total. The summed E-state index contributed by atoms with van der Waals surface area (Å²) in [5.41, 5.74) is 10.4. The summed E-state index contributed by atoms with van der Waals surface area (Å²) < 4.78 is 9.96. The molecule has 0 aliphatic rings. The van der Waals surface area contributed by atoms with Crippen LogP contribution in [0.3, 0.4) is 0 Å². The van der Waals surface area contributed by atoms with Crippen LogP contribution >= 0.6 is 0 Å². The van der Waals surface area contributed by atoms with E-state index in [4.69, 9.17) is 10.5 Å².